The molecule has 1 aliphatic carbocycles. The number of carboxylic acid groups (broad SMARTS) is 1. The highest BCUT2D eigenvalue weighted by molar-refractivity contribution is 5.81. The van der Waals surface area contributed by atoms with Crippen molar-refractivity contribution in [2.45, 2.75) is 25.3 Å². The SMILES string of the molecule is Cc1nccnc1CC(NC(=O)OCC1c2ccccc2-c2ccccc21)C(=O)O. The molecule has 0 fully saturated rings. The highest BCUT2D eigenvalue weighted by atomic mass is 16.5. The van der Waals surface area contributed by atoms with Crippen LogP contribution in [-0.2, 0) is 16.0 Å². The molecule has 30 heavy (non-hydrogen) atoms. The normalized spacial score (nSPS) is 13.2. The van der Waals surface area contributed by atoms with Crippen molar-refractivity contribution in [1.82, 2.24) is 15.3 Å². The van der Waals surface area contributed by atoms with Crippen molar-refractivity contribution in [3.05, 3.63) is 83.4 Å². The van der Waals surface area contributed by atoms with E-state index in [0.29, 0.717) is 11.4 Å². The minimum Gasteiger partial charge on any atom is -0.480 e. The molecule has 0 aliphatic heterocycles. The van der Waals surface area contributed by atoms with Gasteiger partial charge in [0, 0.05) is 24.7 Å². The molecular weight excluding hydrogens is 382 g/mol. The standard InChI is InChI=1S/C23H21N3O4/c1-14-20(25-11-10-24-14)12-21(22(27)28)26-23(29)30-13-19-17-8-4-2-6-15(17)16-7-3-5-9-18(16)19/h2-11,19,21H,12-13H2,1H3,(H,26,29)(H,27,28). The fourth-order valence-electron chi connectivity index (χ4n) is 3.81. The number of hydrogen-bond acceptors (Lipinski definition) is 5. The average molecular weight is 403 g/mol. The van der Waals surface area contributed by atoms with E-state index in [9.17, 15) is 14.7 Å². The summed E-state index contributed by atoms with van der Waals surface area (Å²) in [5.74, 6) is -1.25. The molecule has 152 valence electrons. The fraction of sp³-hybridized carbons (Fsp3) is 0.217. The highest BCUT2D eigenvalue weighted by Crippen LogP contribution is 2.44. The average Bonchev–Trinajstić information content (AvgIpc) is 3.07. The van der Waals surface area contributed by atoms with Gasteiger partial charge >= 0.3 is 12.1 Å². The maximum atomic E-state index is 12.4. The minimum atomic E-state index is -1.16. The smallest absolute Gasteiger partial charge is 0.407 e. The third-order valence-electron chi connectivity index (χ3n) is 5.31. The molecule has 4 rings (SSSR count). The van der Waals surface area contributed by atoms with Crippen LogP contribution in [0.3, 0.4) is 0 Å². The summed E-state index contributed by atoms with van der Waals surface area (Å²) in [7, 11) is 0. The topological polar surface area (TPSA) is 101 Å². The molecule has 1 heterocycles. The number of nitrogens with one attached hydrogen (secondary N) is 1. The lowest BCUT2D eigenvalue weighted by Gasteiger charge is -2.17. The van der Waals surface area contributed by atoms with Gasteiger partial charge in [-0.15, -0.1) is 0 Å². The Morgan fingerprint density at radius 3 is 2.23 bits per heavy atom. The number of amides is 1. The van der Waals surface area contributed by atoms with Gasteiger partial charge in [-0.1, -0.05) is 48.5 Å². The number of fused-ring (bicyclic) bond motifs is 3. The van der Waals surface area contributed by atoms with Gasteiger partial charge in [0.25, 0.3) is 0 Å². The van der Waals surface area contributed by atoms with Crippen molar-refractivity contribution in [2.24, 2.45) is 0 Å². The number of carboxylic acids is 1. The van der Waals surface area contributed by atoms with Crippen LogP contribution in [0.4, 0.5) is 4.79 Å². The van der Waals surface area contributed by atoms with Gasteiger partial charge in [0.2, 0.25) is 0 Å². The first-order chi connectivity index (χ1) is 14.5. The number of ether oxygens (including phenoxy) is 1. The lowest BCUT2D eigenvalue weighted by molar-refractivity contribution is -0.139. The highest BCUT2D eigenvalue weighted by Gasteiger charge is 2.30. The van der Waals surface area contributed by atoms with E-state index in [1.54, 1.807) is 6.92 Å². The second kappa shape index (κ2) is 8.32. The number of carbonyl (C=O) groups is 2. The Kier molecular flexibility index (Phi) is 5.43. The zero-order valence-electron chi connectivity index (χ0n) is 16.4. The molecule has 7 heteroatoms. The van der Waals surface area contributed by atoms with E-state index in [4.69, 9.17) is 4.74 Å². The zero-order chi connectivity index (χ0) is 21.1. The molecule has 2 aromatic carbocycles. The summed E-state index contributed by atoms with van der Waals surface area (Å²) in [5, 5.41) is 11.9. The first-order valence-electron chi connectivity index (χ1n) is 9.65. The van der Waals surface area contributed by atoms with E-state index in [1.807, 2.05) is 36.4 Å². The molecule has 1 unspecified atom stereocenters. The van der Waals surface area contributed by atoms with Crippen molar-refractivity contribution >= 4 is 12.1 Å². The van der Waals surface area contributed by atoms with Crippen molar-refractivity contribution in [2.75, 3.05) is 6.61 Å². The first-order valence-corrected chi connectivity index (χ1v) is 9.65. The summed E-state index contributed by atoms with van der Waals surface area (Å²) in [6.07, 6.45) is 2.28. The van der Waals surface area contributed by atoms with E-state index in [0.717, 1.165) is 22.3 Å². The van der Waals surface area contributed by atoms with Crippen LogP contribution < -0.4 is 5.32 Å². The van der Waals surface area contributed by atoms with Crippen molar-refractivity contribution in [3.63, 3.8) is 0 Å². The summed E-state index contributed by atoms with van der Waals surface area (Å²) < 4.78 is 5.44. The summed E-state index contributed by atoms with van der Waals surface area (Å²) in [4.78, 5) is 32.3. The second-order valence-corrected chi connectivity index (χ2v) is 7.15. The molecule has 3 aromatic rings. The number of aryl methyl sites for hydroxylation is 1. The van der Waals surface area contributed by atoms with Crippen LogP contribution in [0.15, 0.2) is 60.9 Å². The molecule has 0 saturated carbocycles. The maximum absolute atomic E-state index is 12.4. The summed E-state index contributed by atoms with van der Waals surface area (Å²) in [5.41, 5.74) is 5.59. The Labute approximate surface area is 173 Å². The molecule has 0 saturated heterocycles. The van der Waals surface area contributed by atoms with Crippen LogP contribution >= 0.6 is 0 Å². The number of rotatable bonds is 6. The molecule has 0 radical (unpaired) electrons. The predicted octanol–water partition coefficient (Wildman–Crippen LogP) is 3.32. The minimum absolute atomic E-state index is 0.0270. The van der Waals surface area contributed by atoms with Crippen molar-refractivity contribution in [1.29, 1.82) is 0 Å². The number of alkyl carbamates (subject to hydrolysis) is 1. The second-order valence-electron chi connectivity index (χ2n) is 7.15. The molecule has 0 bridgehead atoms. The number of benzene rings is 2. The number of hydrogen-bond donors (Lipinski definition) is 2. The van der Waals surface area contributed by atoms with Gasteiger partial charge in [-0.3, -0.25) is 9.97 Å². The van der Waals surface area contributed by atoms with Gasteiger partial charge < -0.3 is 15.2 Å². The summed E-state index contributed by atoms with van der Waals surface area (Å²) in [6.45, 7) is 1.87. The molecule has 1 aliphatic rings. The third-order valence-corrected chi connectivity index (χ3v) is 5.31. The third kappa shape index (κ3) is 3.87. The van der Waals surface area contributed by atoms with E-state index in [1.165, 1.54) is 12.4 Å². The van der Waals surface area contributed by atoms with Crippen LogP contribution in [-0.4, -0.2) is 39.8 Å². The van der Waals surface area contributed by atoms with E-state index in [-0.39, 0.29) is 18.9 Å². The van der Waals surface area contributed by atoms with E-state index < -0.39 is 18.1 Å². The van der Waals surface area contributed by atoms with Crippen LogP contribution in [0.2, 0.25) is 0 Å². The lowest BCUT2D eigenvalue weighted by atomic mass is 9.98. The van der Waals surface area contributed by atoms with Gasteiger partial charge in [-0.2, -0.15) is 0 Å². The van der Waals surface area contributed by atoms with Gasteiger partial charge in [-0.25, -0.2) is 9.59 Å². The molecule has 1 amide bonds. The molecule has 2 N–H and O–H groups in total. The largest absolute Gasteiger partial charge is 0.480 e. The van der Waals surface area contributed by atoms with E-state index >= 15 is 0 Å². The van der Waals surface area contributed by atoms with Crippen LogP contribution in [0.25, 0.3) is 11.1 Å². The summed E-state index contributed by atoms with van der Waals surface area (Å²) >= 11 is 0. The van der Waals surface area contributed by atoms with Crippen LogP contribution in [0.1, 0.15) is 28.4 Å². The molecule has 1 atom stereocenters. The van der Waals surface area contributed by atoms with Gasteiger partial charge in [0.1, 0.15) is 12.6 Å². The number of aromatic nitrogens is 2. The zero-order valence-corrected chi connectivity index (χ0v) is 16.4. The van der Waals surface area contributed by atoms with Crippen molar-refractivity contribution in [3.8, 4) is 11.1 Å². The fourth-order valence-corrected chi connectivity index (χ4v) is 3.81. The molecular formula is C23H21N3O4. The Morgan fingerprint density at radius 1 is 1.03 bits per heavy atom. The van der Waals surface area contributed by atoms with Crippen molar-refractivity contribution < 1.29 is 19.4 Å². The van der Waals surface area contributed by atoms with E-state index in [2.05, 4.69) is 27.4 Å². The predicted molar refractivity (Wildman–Crippen MR) is 110 cm³/mol. The van der Waals surface area contributed by atoms with Crippen LogP contribution in [0, 0.1) is 6.92 Å². The van der Waals surface area contributed by atoms with Gasteiger partial charge in [0.15, 0.2) is 0 Å². The van der Waals surface area contributed by atoms with Gasteiger partial charge in [0.05, 0.1) is 11.4 Å². The Morgan fingerprint density at radius 2 is 1.63 bits per heavy atom. The quantitative estimate of drug-likeness (QED) is 0.655. The molecule has 0 spiro atoms. The van der Waals surface area contributed by atoms with Gasteiger partial charge in [-0.05, 0) is 29.2 Å². The number of carbonyl (C=O) groups excluding carboxylic acids is 1. The molecule has 1 aromatic heterocycles. The maximum Gasteiger partial charge on any atom is 0.407 e. The number of aliphatic carboxylic acids is 1. The Balaban J connectivity index is 1.44. The Hall–Kier alpha value is -3.74. The monoisotopic (exact) mass is 403 g/mol. The lowest BCUT2D eigenvalue weighted by Crippen LogP contribution is -2.43. The Bertz CT molecular complexity index is 1050. The summed E-state index contributed by atoms with van der Waals surface area (Å²) in [6, 6.07) is 14.9. The molecule has 7 nitrogen and oxygen atoms in total. The first kappa shape index (κ1) is 19.6. The number of nitrogens with zero attached hydrogens (tertiary/aromatic N) is 2. The van der Waals surface area contributed by atoms with Crippen LogP contribution in [0.5, 0.6) is 0 Å².